The molecule has 4 heteroatoms. The molecule has 1 N–H and O–H groups in total. The van der Waals surface area contributed by atoms with Crippen LogP contribution in [-0.2, 0) is 0 Å². The number of benzene rings is 1. The number of nitrogens with one attached hydrogen (secondary N) is 1. The average molecular weight is 290 g/mol. The topological polar surface area (TPSA) is 33.7 Å². The fraction of sp³-hybridized carbons (Fsp3) is 0.647. The van der Waals surface area contributed by atoms with E-state index in [1.54, 1.807) is 0 Å². The van der Waals surface area contributed by atoms with Gasteiger partial charge in [0.05, 0.1) is 0 Å². The van der Waals surface area contributed by atoms with Crippen molar-refractivity contribution in [1.29, 1.82) is 0 Å². The van der Waals surface area contributed by atoms with E-state index >= 15 is 0 Å². The van der Waals surface area contributed by atoms with Gasteiger partial charge in [0.25, 0.3) is 0 Å². The molecule has 1 aromatic rings. The Kier molecular flexibility index (Phi) is 4.66. The summed E-state index contributed by atoms with van der Waals surface area (Å²) >= 11 is 0. The van der Waals surface area contributed by atoms with Crippen molar-refractivity contribution >= 4 is 0 Å². The average Bonchev–Trinajstić information content (AvgIpc) is 2.52. The zero-order valence-corrected chi connectivity index (χ0v) is 13.1. The molecule has 1 saturated heterocycles. The van der Waals surface area contributed by atoms with Crippen LogP contribution in [0.4, 0.5) is 0 Å². The largest absolute Gasteiger partial charge is 0.486 e. The van der Waals surface area contributed by atoms with E-state index in [4.69, 9.17) is 9.47 Å². The Labute approximate surface area is 127 Å². The van der Waals surface area contributed by atoms with Crippen LogP contribution < -0.4 is 14.8 Å². The summed E-state index contributed by atoms with van der Waals surface area (Å²) in [4.78, 5) is 2.44. The number of fused-ring (bicyclic) bond motifs is 1. The Hall–Kier alpha value is -1.26. The highest BCUT2D eigenvalue weighted by molar-refractivity contribution is 5.44. The molecule has 2 atom stereocenters. The van der Waals surface area contributed by atoms with E-state index in [2.05, 4.69) is 36.3 Å². The van der Waals surface area contributed by atoms with Gasteiger partial charge in [0.15, 0.2) is 11.5 Å². The zero-order chi connectivity index (χ0) is 14.7. The molecule has 0 radical (unpaired) electrons. The van der Waals surface area contributed by atoms with Crippen molar-refractivity contribution in [2.45, 2.75) is 25.8 Å². The smallest absolute Gasteiger partial charge is 0.161 e. The second kappa shape index (κ2) is 6.67. The van der Waals surface area contributed by atoms with E-state index in [1.165, 1.54) is 31.5 Å². The highest BCUT2D eigenvalue weighted by atomic mass is 16.6. The summed E-state index contributed by atoms with van der Waals surface area (Å²) in [5.41, 5.74) is 1.27. The van der Waals surface area contributed by atoms with Crippen molar-refractivity contribution < 1.29 is 9.47 Å². The minimum Gasteiger partial charge on any atom is -0.486 e. The summed E-state index contributed by atoms with van der Waals surface area (Å²) in [6.07, 6.45) is 2.66. The lowest BCUT2D eigenvalue weighted by atomic mass is 9.97. The highest BCUT2D eigenvalue weighted by Gasteiger charge is 2.19. The molecule has 21 heavy (non-hydrogen) atoms. The first-order valence-corrected chi connectivity index (χ1v) is 8.04. The Morgan fingerprint density at radius 2 is 2.10 bits per heavy atom. The molecule has 3 rings (SSSR count). The molecule has 2 aliphatic heterocycles. The van der Waals surface area contributed by atoms with Crippen molar-refractivity contribution in [3.63, 3.8) is 0 Å². The Balaban J connectivity index is 1.56. The summed E-state index contributed by atoms with van der Waals surface area (Å²) in [5, 5.41) is 3.67. The van der Waals surface area contributed by atoms with Crippen LogP contribution in [0.25, 0.3) is 0 Å². The minimum absolute atomic E-state index is 0.341. The normalized spacial score (nSPS) is 23.8. The SMILES string of the molecule is CC(NCC1CCCN(C)C1)c1ccc2c(c1)OCCO2. The fourth-order valence-electron chi connectivity index (χ4n) is 3.23. The summed E-state index contributed by atoms with van der Waals surface area (Å²) in [7, 11) is 2.22. The number of hydrogen-bond donors (Lipinski definition) is 1. The summed E-state index contributed by atoms with van der Waals surface area (Å²) in [5.74, 6) is 2.51. The molecule has 0 spiro atoms. The van der Waals surface area contributed by atoms with Gasteiger partial charge in [0.1, 0.15) is 13.2 Å². The molecule has 0 saturated carbocycles. The highest BCUT2D eigenvalue weighted by Crippen LogP contribution is 2.32. The molecule has 116 valence electrons. The lowest BCUT2D eigenvalue weighted by molar-refractivity contribution is 0.171. The molecular weight excluding hydrogens is 264 g/mol. The molecule has 2 heterocycles. The standard InChI is InChI=1S/C17H26N2O2/c1-13(18-11-14-4-3-7-19(2)12-14)15-5-6-16-17(10-15)21-9-8-20-16/h5-6,10,13-14,18H,3-4,7-9,11-12H2,1-2H3. The number of likely N-dealkylation sites (tertiary alicyclic amines) is 1. The molecule has 0 amide bonds. The van der Waals surface area contributed by atoms with Crippen LogP contribution in [0.3, 0.4) is 0 Å². The number of piperidine rings is 1. The molecule has 2 aliphatic rings. The molecule has 2 unspecified atom stereocenters. The second-order valence-corrected chi connectivity index (χ2v) is 6.30. The van der Waals surface area contributed by atoms with Crippen LogP contribution in [-0.4, -0.2) is 44.8 Å². The van der Waals surface area contributed by atoms with Crippen LogP contribution >= 0.6 is 0 Å². The van der Waals surface area contributed by atoms with Gasteiger partial charge >= 0.3 is 0 Å². The third kappa shape index (κ3) is 3.69. The van der Waals surface area contributed by atoms with Gasteiger partial charge < -0.3 is 19.7 Å². The molecule has 0 aromatic heterocycles. The molecule has 0 bridgehead atoms. The van der Waals surface area contributed by atoms with E-state index in [0.717, 1.165) is 24.0 Å². The third-order valence-electron chi connectivity index (χ3n) is 4.50. The van der Waals surface area contributed by atoms with Gasteiger partial charge in [-0.15, -0.1) is 0 Å². The van der Waals surface area contributed by atoms with Crippen LogP contribution in [0.15, 0.2) is 18.2 Å². The van der Waals surface area contributed by atoms with Gasteiger partial charge in [-0.3, -0.25) is 0 Å². The number of rotatable bonds is 4. The minimum atomic E-state index is 0.341. The van der Waals surface area contributed by atoms with E-state index in [0.29, 0.717) is 19.3 Å². The van der Waals surface area contributed by atoms with Crippen molar-refractivity contribution in [1.82, 2.24) is 10.2 Å². The summed E-state index contributed by atoms with van der Waals surface area (Å²) < 4.78 is 11.2. The van der Waals surface area contributed by atoms with Crippen molar-refractivity contribution in [3.8, 4) is 11.5 Å². The maximum Gasteiger partial charge on any atom is 0.161 e. The van der Waals surface area contributed by atoms with Gasteiger partial charge in [-0.05, 0) is 63.5 Å². The Morgan fingerprint density at radius 1 is 1.29 bits per heavy atom. The van der Waals surface area contributed by atoms with Crippen LogP contribution in [0.1, 0.15) is 31.4 Å². The van der Waals surface area contributed by atoms with Crippen molar-refractivity contribution in [2.75, 3.05) is 39.9 Å². The predicted molar refractivity (Wildman–Crippen MR) is 84.1 cm³/mol. The monoisotopic (exact) mass is 290 g/mol. The zero-order valence-electron chi connectivity index (χ0n) is 13.1. The van der Waals surface area contributed by atoms with Gasteiger partial charge in [0, 0.05) is 12.6 Å². The van der Waals surface area contributed by atoms with Gasteiger partial charge in [-0.25, -0.2) is 0 Å². The van der Waals surface area contributed by atoms with Crippen molar-refractivity contribution in [2.24, 2.45) is 5.92 Å². The quantitative estimate of drug-likeness (QED) is 0.923. The number of hydrogen-bond acceptors (Lipinski definition) is 4. The Morgan fingerprint density at radius 3 is 2.90 bits per heavy atom. The molecular formula is C17H26N2O2. The first-order valence-electron chi connectivity index (χ1n) is 8.04. The van der Waals surface area contributed by atoms with Gasteiger partial charge in [-0.1, -0.05) is 6.07 Å². The van der Waals surface area contributed by atoms with E-state index in [9.17, 15) is 0 Å². The lowest BCUT2D eigenvalue weighted by Crippen LogP contribution is -2.37. The maximum absolute atomic E-state index is 5.66. The number of nitrogens with zero attached hydrogens (tertiary/aromatic N) is 1. The molecule has 0 aliphatic carbocycles. The van der Waals surface area contributed by atoms with E-state index < -0.39 is 0 Å². The van der Waals surface area contributed by atoms with E-state index in [-0.39, 0.29) is 0 Å². The Bertz CT molecular complexity index is 478. The predicted octanol–water partition coefficient (Wildman–Crippen LogP) is 2.45. The lowest BCUT2D eigenvalue weighted by Gasteiger charge is -2.30. The molecule has 1 fully saturated rings. The molecule has 4 nitrogen and oxygen atoms in total. The third-order valence-corrected chi connectivity index (χ3v) is 4.50. The second-order valence-electron chi connectivity index (χ2n) is 6.30. The van der Waals surface area contributed by atoms with Crippen LogP contribution in [0.2, 0.25) is 0 Å². The van der Waals surface area contributed by atoms with Crippen LogP contribution in [0, 0.1) is 5.92 Å². The number of ether oxygens (including phenoxy) is 2. The van der Waals surface area contributed by atoms with Crippen LogP contribution in [0.5, 0.6) is 11.5 Å². The van der Waals surface area contributed by atoms with Gasteiger partial charge in [0.2, 0.25) is 0 Å². The van der Waals surface area contributed by atoms with Gasteiger partial charge in [-0.2, -0.15) is 0 Å². The fourth-order valence-corrected chi connectivity index (χ4v) is 3.23. The first kappa shape index (κ1) is 14.7. The van der Waals surface area contributed by atoms with Crippen molar-refractivity contribution in [3.05, 3.63) is 23.8 Å². The first-order chi connectivity index (χ1) is 10.2. The van der Waals surface area contributed by atoms with E-state index in [1.807, 2.05) is 6.07 Å². The summed E-state index contributed by atoms with van der Waals surface area (Å²) in [6, 6.07) is 6.61. The summed E-state index contributed by atoms with van der Waals surface area (Å²) in [6.45, 7) is 7.05. The maximum atomic E-state index is 5.66. The molecule has 1 aromatic carbocycles.